The van der Waals surface area contributed by atoms with Crippen LogP contribution in [0.1, 0.15) is 36.7 Å². The number of ether oxygens (including phenoxy) is 1. The molecule has 26 heavy (non-hydrogen) atoms. The normalized spacial score (nSPS) is 19.6. The van der Waals surface area contributed by atoms with Gasteiger partial charge < -0.3 is 15.4 Å². The Morgan fingerprint density at radius 3 is 2.85 bits per heavy atom. The molecule has 2 aromatic rings. The number of urea groups is 1. The second-order valence-corrected chi connectivity index (χ2v) is 7.85. The monoisotopic (exact) mass is 354 g/mol. The van der Waals surface area contributed by atoms with Crippen molar-refractivity contribution in [1.82, 2.24) is 15.1 Å². The van der Waals surface area contributed by atoms with Gasteiger partial charge in [0.2, 0.25) is 0 Å². The molecule has 4 rings (SSSR count). The minimum Gasteiger partial charge on any atom is -0.490 e. The smallest absolute Gasteiger partial charge is 0.319 e. The van der Waals surface area contributed by atoms with Gasteiger partial charge in [-0.3, -0.25) is 4.68 Å². The number of carbonyl (C=O) groups excluding carboxylic acids is 1. The van der Waals surface area contributed by atoms with Crippen LogP contribution in [0.3, 0.4) is 0 Å². The van der Waals surface area contributed by atoms with Crippen LogP contribution in [-0.2, 0) is 13.0 Å². The fourth-order valence-corrected chi connectivity index (χ4v) is 3.66. The van der Waals surface area contributed by atoms with Gasteiger partial charge in [-0.1, -0.05) is 0 Å². The van der Waals surface area contributed by atoms with Crippen molar-refractivity contribution in [2.45, 2.75) is 52.7 Å². The van der Waals surface area contributed by atoms with Gasteiger partial charge in [0, 0.05) is 36.3 Å². The Kier molecular flexibility index (Phi) is 4.13. The molecule has 6 heteroatoms. The molecule has 1 aromatic heterocycles. The first-order valence-corrected chi connectivity index (χ1v) is 9.28. The van der Waals surface area contributed by atoms with E-state index in [0.29, 0.717) is 6.54 Å². The molecule has 2 aliphatic rings. The lowest BCUT2D eigenvalue weighted by Gasteiger charge is -2.17. The van der Waals surface area contributed by atoms with Crippen LogP contribution in [-0.4, -0.2) is 28.5 Å². The number of fused-ring (bicyclic) bond motifs is 1. The SMILES string of the molecule is Cc1cc(C)n(CC2(CNC(=O)Nc3ccc4c(c3)C[C@H](C)O4)CC2)n1. The van der Waals surface area contributed by atoms with Crippen LogP contribution >= 0.6 is 0 Å². The Morgan fingerprint density at radius 1 is 1.35 bits per heavy atom. The molecule has 1 fully saturated rings. The zero-order valence-corrected chi connectivity index (χ0v) is 15.6. The van der Waals surface area contributed by atoms with E-state index >= 15 is 0 Å². The maximum atomic E-state index is 12.3. The number of hydrogen-bond acceptors (Lipinski definition) is 3. The van der Waals surface area contributed by atoms with Crippen molar-refractivity contribution in [3.05, 3.63) is 41.2 Å². The number of hydrogen-bond donors (Lipinski definition) is 2. The molecule has 2 N–H and O–H groups in total. The van der Waals surface area contributed by atoms with Crippen molar-refractivity contribution in [2.24, 2.45) is 5.41 Å². The van der Waals surface area contributed by atoms with Crippen molar-refractivity contribution in [3.8, 4) is 5.75 Å². The van der Waals surface area contributed by atoms with Crippen LogP contribution in [0.2, 0.25) is 0 Å². The van der Waals surface area contributed by atoms with E-state index in [1.807, 2.05) is 25.1 Å². The average molecular weight is 354 g/mol. The molecule has 1 aromatic carbocycles. The summed E-state index contributed by atoms with van der Waals surface area (Å²) < 4.78 is 7.76. The highest BCUT2D eigenvalue weighted by Gasteiger charge is 2.43. The van der Waals surface area contributed by atoms with Gasteiger partial charge in [-0.05, 0) is 63.4 Å². The van der Waals surface area contributed by atoms with E-state index in [9.17, 15) is 4.79 Å². The van der Waals surface area contributed by atoms with Crippen molar-refractivity contribution < 1.29 is 9.53 Å². The lowest BCUT2D eigenvalue weighted by Crippen LogP contribution is -2.35. The summed E-state index contributed by atoms with van der Waals surface area (Å²) in [6, 6.07) is 7.76. The molecule has 0 unspecified atom stereocenters. The van der Waals surface area contributed by atoms with E-state index < -0.39 is 0 Å². The maximum absolute atomic E-state index is 12.3. The Bertz CT molecular complexity index is 838. The third-order valence-corrected chi connectivity index (χ3v) is 5.32. The first kappa shape index (κ1) is 16.9. The lowest BCUT2D eigenvalue weighted by molar-refractivity contribution is 0.247. The Balaban J connectivity index is 1.32. The van der Waals surface area contributed by atoms with E-state index in [-0.39, 0.29) is 17.6 Å². The number of aryl methyl sites for hydroxylation is 2. The van der Waals surface area contributed by atoms with Crippen LogP contribution in [0.15, 0.2) is 24.3 Å². The first-order valence-electron chi connectivity index (χ1n) is 9.28. The average Bonchev–Trinajstić information content (AvgIpc) is 3.13. The van der Waals surface area contributed by atoms with Gasteiger partial charge in [-0.15, -0.1) is 0 Å². The van der Waals surface area contributed by atoms with E-state index in [2.05, 4.69) is 40.3 Å². The molecule has 1 aliphatic heterocycles. The second-order valence-electron chi connectivity index (χ2n) is 7.85. The predicted molar refractivity (Wildman–Crippen MR) is 101 cm³/mol. The Labute approximate surface area is 153 Å². The van der Waals surface area contributed by atoms with Crippen LogP contribution in [0.5, 0.6) is 5.75 Å². The van der Waals surface area contributed by atoms with Crippen molar-refractivity contribution in [3.63, 3.8) is 0 Å². The van der Waals surface area contributed by atoms with Gasteiger partial charge in [-0.25, -0.2) is 4.79 Å². The van der Waals surface area contributed by atoms with Gasteiger partial charge in [0.1, 0.15) is 11.9 Å². The Hall–Kier alpha value is -2.50. The molecule has 0 saturated heterocycles. The van der Waals surface area contributed by atoms with Gasteiger partial charge in [0.25, 0.3) is 0 Å². The quantitative estimate of drug-likeness (QED) is 0.864. The molecule has 2 amide bonds. The number of anilines is 1. The lowest BCUT2D eigenvalue weighted by atomic mass is 10.1. The molecule has 1 aliphatic carbocycles. The van der Waals surface area contributed by atoms with Gasteiger partial charge >= 0.3 is 6.03 Å². The third kappa shape index (κ3) is 3.54. The fraction of sp³-hybridized carbons (Fsp3) is 0.500. The summed E-state index contributed by atoms with van der Waals surface area (Å²) in [5.74, 6) is 0.922. The predicted octanol–water partition coefficient (Wildman–Crippen LogP) is 3.43. The highest BCUT2D eigenvalue weighted by atomic mass is 16.5. The zero-order valence-electron chi connectivity index (χ0n) is 15.6. The van der Waals surface area contributed by atoms with Gasteiger partial charge in [0.15, 0.2) is 0 Å². The molecule has 1 atom stereocenters. The number of nitrogens with zero attached hydrogens (tertiary/aromatic N) is 2. The Morgan fingerprint density at radius 2 is 2.15 bits per heavy atom. The third-order valence-electron chi connectivity index (χ3n) is 5.32. The van der Waals surface area contributed by atoms with E-state index in [0.717, 1.165) is 48.5 Å². The molecule has 0 bridgehead atoms. The van der Waals surface area contributed by atoms with Gasteiger partial charge in [-0.2, -0.15) is 5.10 Å². The number of nitrogens with one attached hydrogen (secondary N) is 2. The summed E-state index contributed by atoms with van der Waals surface area (Å²) in [6.07, 6.45) is 3.34. The molecule has 0 spiro atoms. The molecule has 2 heterocycles. The number of aromatic nitrogens is 2. The summed E-state index contributed by atoms with van der Waals surface area (Å²) in [5.41, 5.74) is 4.31. The molecule has 138 valence electrons. The summed E-state index contributed by atoms with van der Waals surface area (Å²) in [5, 5.41) is 10.5. The number of carbonyl (C=O) groups is 1. The molecular formula is C20H26N4O2. The molecular weight excluding hydrogens is 328 g/mol. The number of benzene rings is 1. The van der Waals surface area contributed by atoms with Crippen LogP contribution in [0.25, 0.3) is 0 Å². The standard InChI is InChI=1S/C20H26N4O2/c1-13-8-14(2)24(23-13)12-20(6-7-20)11-21-19(25)22-17-4-5-18-16(10-17)9-15(3)26-18/h4-5,8,10,15H,6-7,9,11-12H2,1-3H3,(H2,21,22,25)/t15-/m0/s1. The van der Waals surface area contributed by atoms with Crippen LogP contribution in [0, 0.1) is 19.3 Å². The van der Waals surface area contributed by atoms with Crippen molar-refractivity contribution in [2.75, 3.05) is 11.9 Å². The van der Waals surface area contributed by atoms with E-state index in [4.69, 9.17) is 4.74 Å². The fourth-order valence-electron chi connectivity index (χ4n) is 3.66. The molecule has 6 nitrogen and oxygen atoms in total. The highest BCUT2D eigenvalue weighted by Crippen LogP contribution is 2.46. The maximum Gasteiger partial charge on any atom is 0.319 e. The minimum absolute atomic E-state index is 0.141. The number of rotatable bonds is 5. The zero-order chi connectivity index (χ0) is 18.3. The van der Waals surface area contributed by atoms with Crippen LogP contribution in [0.4, 0.5) is 10.5 Å². The first-order chi connectivity index (χ1) is 12.4. The number of amides is 2. The van der Waals surface area contributed by atoms with E-state index in [1.54, 1.807) is 0 Å². The van der Waals surface area contributed by atoms with Crippen molar-refractivity contribution >= 4 is 11.7 Å². The summed E-state index contributed by atoms with van der Waals surface area (Å²) in [4.78, 5) is 12.3. The summed E-state index contributed by atoms with van der Waals surface area (Å²) >= 11 is 0. The second kappa shape index (κ2) is 6.34. The topological polar surface area (TPSA) is 68.2 Å². The van der Waals surface area contributed by atoms with E-state index in [1.165, 1.54) is 5.69 Å². The summed E-state index contributed by atoms with van der Waals surface area (Å²) in [6.45, 7) is 7.67. The summed E-state index contributed by atoms with van der Waals surface area (Å²) in [7, 11) is 0. The minimum atomic E-state index is -0.156. The molecule has 1 saturated carbocycles. The molecule has 0 radical (unpaired) electrons. The van der Waals surface area contributed by atoms with Crippen molar-refractivity contribution in [1.29, 1.82) is 0 Å². The van der Waals surface area contributed by atoms with Crippen LogP contribution < -0.4 is 15.4 Å². The highest BCUT2D eigenvalue weighted by molar-refractivity contribution is 5.89. The van der Waals surface area contributed by atoms with Gasteiger partial charge in [0.05, 0.1) is 5.69 Å². The largest absolute Gasteiger partial charge is 0.490 e.